The lowest BCUT2D eigenvalue weighted by atomic mass is 10.1. The van der Waals surface area contributed by atoms with Crippen molar-refractivity contribution in [3.63, 3.8) is 0 Å². The van der Waals surface area contributed by atoms with Crippen LogP contribution in [0.5, 0.6) is 0 Å². The molecule has 0 aromatic heterocycles. The third-order valence-corrected chi connectivity index (χ3v) is 4.28. The molecule has 0 aliphatic carbocycles. The molecule has 0 bridgehead atoms. The van der Waals surface area contributed by atoms with Crippen molar-refractivity contribution in [2.45, 2.75) is 23.9 Å². The number of thioether (sulfide) groups is 1. The Morgan fingerprint density at radius 2 is 1.90 bits per heavy atom. The van der Waals surface area contributed by atoms with Crippen LogP contribution in [-0.2, 0) is 13.0 Å². The summed E-state index contributed by atoms with van der Waals surface area (Å²) >= 11 is 1.69. The third-order valence-electron chi connectivity index (χ3n) is 3.46. The molecule has 0 radical (unpaired) electrons. The Balaban J connectivity index is 2.15. The van der Waals surface area contributed by atoms with E-state index in [4.69, 9.17) is 5.73 Å². The van der Waals surface area contributed by atoms with Crippen LogP contribution in [0.25, 0.3) is 0 Å². The van der Waals surface area contributed by atoms with Crippen molar-refractivity contribution in [3.8, 4) is 0 Å². The molecule has 1 atom stereocenters. The van der Waals surface area contributed by atoms with Gasteiger partial charge in [0, 0.05) is 22.7 Å². The molecular formula is C17H22N2OS. The molecule has 0 saturated heterocycles. The molecule has 1 unspecified atom stereocenters. The highest BCUT2D eigenvalue weighted by Gasteiger charge is 2.12. The van der Waals surface area contributed by atoms with Crippen molar-refractivity contribution in [2.24, 2.45) is 5.73 Å². The van der Waals surface area contributed by atoms with Gasteiger partial charge in [-0.3, -0.25) is 0 Å². The maximum absolute atomic E-state index is 9.64. The fraction of sp³-hybridized carbons (Fsp3) is 0.294. The zero-order valence-electron chi connectivity index (χ0n) is 12.3. The molecule has 0 aliphatic heterocycles. The Morgan fingerprint density at radius 1 is 1.14 bits per heavy atom. The lowest BCUT2D eigenvalue weighted by Crippen LogP contribution is -2.27. The number of nitrogens with two attached hydrogens (primary N) is 1. The van der Waals surface area contributed by atoms with Crippen LogP contribution >= 0.6 is 11.8 Å². The molecule has 2 rings (SSSR count). The lowest BCUT2D eigenvalue weighted by molar-refractivity contribution is 0.273. The number of anilines is 1. The molecule has 0 fully saturated rings. The van der Waals surface area contributed by atoms with Crippen molar-refractivity contribution < 1.29 is 5.11 Å². The van der Waals surface area contributed by atoms with E-state index in [0.29, 0.717) is 6.54 Å². The van der Waals surface area contributed by atoms with Gasteiger partial charge in [-0.15, -0.1) is 11.8 Å². The number of rotatable bonds is 7. The number of aliphatic hydroxyl groups excluding tert-OH is 1. The molecule has 4 heteroatoms. The van der Waals surface area contributed by atoms with E-state index in [2.05, 4.69) is 23.5 Å². The Bertz CT molecular complexity index is 560. The first-order valence-electron chi connectivity index (χ1n) is 7.05. The normalized spacial score (nSPS) is 12.1. The Hall–Kier alpha value is -1.49. The molecule has 2 aromatic carbocycles. The first-order valence-corrected chi connectivity index (χ1v) is 8.28. The summed E-state index contributed by atoms with van der Waals surface area (Å²) in [6, 6.07) is 16.3. The predicted molar refractivity (Wildman–Crippen MR) is 90.8 cm³/mol. The SMILES string of the molecule is CSc1cccc(NC(CO)Cc2ccccc2)c1CN. The maximum atomic E-state index is 9.64. The smallest absolute Gasteiger partial charge is 0.0636 e. The van der Waals surface area contributed by atoms with Crippen molar-refractivity contribution in [1.29, 1.82) is 0 Å². The van der Waals surface area contributed by atoms with Gasteiger partial charge in [-0.2, -0.15) is 0 Å². The summed E-state index contributed by atoms with van der Waals surface area (Å²) in [4.78, 5) is 1.18. The summed E-state index contributed by atoms with van der Waals surface area (Å²) < 4.78 is 0. The average Bonchev–Trinajstić information content (AvgIpc) is 2.54. The largest absolute Gasteiger partial charge is 0.394 e. The molecule has 2 aromatic rings. The summed E-state index contributed by atoms with van der Waals surface area (Å²) in [6.45, 7) is 0.575. The highest BCUT2D eigenvalue weighted by atomic mass is 32.2. The van der Waals surface area contributed by atoms with Gasteiger partial charge in [0.2, 0.25) is 0 Å². The van der Waals surface area contributed by atoms with Gasteiger partial charge in [-0.25, -0.2) is 0 Å². The molecule has 4 N–H and O–H groups in total. The molecule has 0 heterocycles. The zero-order chi connectivity index (χ0) is 15.1. The van der Waals surface area contributed by atoms with E-state index < -0.39 is 0 Å². The summed E-state index contributed by atoms with van der Waals surface area (Å²) in [5, 5.41) is 13.1. The maximum Gasteiger partial charge on any atom is 0.0636 e. The predicted octanol–water partition coefficient (Wildman–Crippen LogP) is 2.88. The molecule has 0 saturated carbocycles. The topological polar surface area (TPSA) is 58.3 Å². The van der Waals surface area contributed by atoms with Crippen LogP contribution in [0.4, 0.5) is 5.69 Å². The quantitative estimate of drug-likeness (QED) is 0.688. The number of hydrogen-bond acceptors (Lipinski definition) is 4. The molecule has 3 nitrogen and oxygen atoms in total. The van der Waals surface area contributed by atoms with E-state index in [1.165, 1.54) is 10.5 Å². The molecule has 0 amide bonds. The number of aliphatic hydroxyl groups is 1. The fourth-order valence-corrected chi connectivity index (χ4v) is 3.04. The van der Waals surface area contributed by atoms with Crippen molar-refractivity contribution in [3.05, 3.63) is 59.7 Å². The van der Waals surface area contributed by atoms with Crippen LogP contribution in [0.15, 0.2) is 53.4 Å². The molecule has 112 valence electrons. The van der Waals surface area contributed by atoms with Gasteiger partial charge >= 0.3 is 0 Å². The van der Waals surface area contributed by atoms with Crippen molar-refractivity contribution in [2.75, 3.05) is 18.2 Å². The highest BCUT2D eigenvalue weighted by Crippen LogP contribution is 2.27. The summed E-state index contributed by atoms with van der Waals surface area (Å²) in [6.07, 6.45) is 2.83. The van der Waals surface area contributed by atoms with Crippen LogP contribution in [-0.4, -0.2) is 24.0 Å². The third kappa shape index (κ3) is 4.24. The minimum atomic E-state index is -0.0187. The van der Waals surface area contributed by atoms with Gasteiger partial charge in [-0.05, 0) is 30.4 Å². The molecule has 0 spiro atoms. The van der Waals surface area contributed by atoms with E-state index in [1.807, 2.05) is 36.6 Å². The zero-order valence-corrected chi connectivity index (χ0v) is 13.1. The van der Waals surface area contributed by atoms with E-state index >= 15 is 0 Å². The lowest BCUT2D eigenvalue weighted by Gasteiger charge is -2.21. The minimum Gasteiger partial charge on any atom is -0.394 e. The first kappa shape index (κ1) is 15.9. The summed E-state index contributed by atoms with van der Waals surface area (Å²) in [5.74, 6) is 0. The van der Waals surface area contributed by atoms with Gasteiger partial charge in [-0.1, -0.05) is 36.4 Å². The second kappa shape index (κ2) is 8.08. The van der Waals surface area contributed by atoms with Crippen molar-refractivity contribution >= 4 is 17.4 Å². The highest BCUT2D eigenvalue weighted by molar-refractivity contribution is 7.98. The Kier molecular flexibility index (Phi) is 6.11. The number of nitrogens with one attached hydrogen (secondary N) is 1. The second-order valence-electron chi connectivity index (χ2n) is 4.90. The van der Waals surface area contributed by atoms with E-state index in [-0.39, 0.29) is 12.6 Å². The second-order valence-corrected chi connectivity index (χ2v) is 5.75. The van der Waals surface area contributed by atoms with Crippen molar-refractivity contribution in [1.82, 2.24) is 0 Å². The average molecular weight is 302 g/mol. The van der Waals surface area contributed by atoms with Gasteiger partial charge in [0.25, 0.3) is 0 Å². The molecule has 21 heavy (non-hydrogen) atoms. The Morgan fingerprint density at radius 3 is 2.52 bits per heavy atom. The number of hydrogen-bond donors (Lipinski definition) is 3. The van der Waals surface area contributed by atoms with E-state index in [9.17, 15) is 5.11 Å². The first-order chi connectivity index (χ1) is 10.3. The van der Waals surface area contributed by atoms with Crippen LogP contribution in [0.2, 0.25) is 0 Å². The fourth-order valence-electron chi connectivity index (χ4n) is 2.38. The standard InChI is InChI=1S/C17H22N2OS/c1-21-17-9-5-8-16(15(17)11-18)19-14(12-20)10-13-6-3-2-4-7-13/h2-9,14,19-20H,10-12,18H2,1H3. The molecular weight excluding hydrogens is 280 g/mol. The molecule has 0 aliphatic rings. The van der Waals surface area contributed by atoms with Gasteiger partial charge in [0.1, 0.15) is 0 Å². The van der Waals surface area contributed by atoms with Crippen LogP contribution in [0, 0.1) is 0 Å². The summed E-state index contributed by atoms with van der Waals surface area (Å²) in [7, 11) is 0. The van der Waals surface area contributed by atoms with Gasteiger partial charge in [0.15, 0.2) is 0 Å². The van der Waals surface area contributed by atoms with Gasteiger partial charge in [0.05, 0.1) is 12.6 Å². The number of benzene rings is 2. The summed E-state index contributed by atoms with van der Waals surface area (Å²) in [5.41, 5.74) is 9.21. The van der Waals surface area contributed by atoms with E-state index in [0.717, 1.165) is 17.7 Å². The van der Waals surface area contributed by atoms with Gasteiger partial charge < -0.3 is 16.2 Å². The van der Waals surface area contributed by atoms with E-state index in [1.54, 1.807) is 11.8 Å². The minimum absolute atomic E-state index is 0.0187. The monoisotopic (exact) mass is 302 g/mol. The Labute approximate surface area is 130 Å². The van der Waals surface area contributed by atoms with Crippen LogP contribution in [0.3, 0.4) is 0 Å². The van der Waals surface area contributed by atoms with Crippen LogP contribution in [0.1, 0.15) is 11.1 Å². The van der Waals surface area contributed by atoms with Crippen LogP contribution < -0.4 is 11.1 Å².